The molecule has 3 aromatic rings. The fraction of sp³-hybridized carbons (Fsp3) is 0.519. The van der Waals surface area contributed by atoms with Gasteiger partial charge in [0, 0.05) is 44.3 Å². The largest absolute Gasteiger partial charge is 0.478 e. The number of piperazine rings is 1. The van der Waals surface area contributed by atoms with Crippen LogP contribution in [-0.4, -0.2) is 51.2 Å². The average molecular weight is 518 g/mol. The van der Waals surface area contributed by atoms with Gasteiger partial charge in [-0.15, -0.1) is 0 Å². The summed E-state index contributed by atoms with van der Waals surface area (Å²) in [5.74, 6) is 1.03. The summed E-state index contributed by atoms with van der Waals surface area (Å²) in [7, 11) is 1.68. The van der Waals surface area contributed by atoms with Crippen LogP contribution >= 0.6 is 0 Å². The third kappa shape index (κ3) is 5.30. The Kier molecular flexibility index (Phi) is 7.77. The van der Waals surface area contributed by atoms with Crippen LogP contribution in [0.25, 0.3) is 11.0 Å². The van der Waals surface area contributed by atoms with Gasteiger partial charge in [0.1, 0.15) is 5.52 Å². The van der Waals surface area contributed by atoms with E-state index in [2.05, 4.69) is 28.6 Å². The van der Waals surface area contributed by atoms with Gasteiger partial charge in [0.2, 0.25) is 5.88 Å². The molecule has 200 valence electrons. The van der Waals surface area contributed by atoms with Crippen molar-refractivity contribution < 1.29 is 17.9 Å². The molecule has 2 aromatic heterocycles. The van der Waals surface area contributed by atoms with E-state index >= 15 is 0 Å². The van der Waals surface area contributed by atoms with Crippen LogP contribution in [0.2, 0.25) is 0 Å². The number of alkyl halides is 3. The third-order valence-corrected chi connectivity index (χ3v) is 7.37. The maximum atomic E-state index is 13.1. The van der Waals surface area contributed by atoms with E-state index in [9.17, 15) is 18.0 Å². The highest BCUT2D eigenvalue weighted by Crippen LogP contribution is 2.35. The van der Waals surface area contributed by atoms with E-state index in [1.165, 1.54) is 4.57 Å². The quantitative estimate of drug-likeness (QED) is 0.430. The number of halogens is 3. The highest BCUT2D eigenvalue weighted by atomic mass is 19.4. The fourth-order valence-corrected chi connectivity index (χ4v) is 5.18. The van der Waals surface area contributed by atoms with Crippen LogP contribution in [0.4, 0.5) is 19.0 Å². The molecule has 0 spiro atoms. The molecule has 0 amide bonds. The van der Waals surface area contributed by atoms with Gasteiger partial charge in [-0.3, -0.25) is 9.47 Å². The monoisotopic (exact) mass is 517 g/mol. The van der Waals surface area contributed by atoms with Gasteiger partial charge in [-0.05, 0) is 50.5 Å². The van der Waals surface area contributed by atoms with E-state index in [0.29, 0.717) is 42.4 Å². The zero-order valence-corrected chi connectivity index (χ0v) is 21.9. The first-order valence-electron chi connectivity index (χ1n) is 12.8. The number of aromatic nitrogens is 3. The minimum Gasteiger partial charge on any atom is -0.478 e. The molecule has 0 bridgehead atoms. The van der Waals surface area contributed by atoms with Crippen molar-refractivity contribution >= 4 is 16.9 Å². The number of fused-ring (bicyclic) bond motifs is 1. The number of nitrogens with zero attached hydrogens (tertiary/aromatic N) is 5. The molecule has 0 aliphatic carbocycles. The zero-order chi connectivity index (χ0) is 26.9. The number of anilines is 1. The van der Waals surface area contributed by atoms with Crippen molar-refractivity contribution in [2.45, 2.75) is 64.8 Å². The second-order valence-corrected chi connectivity index (χ2v) is 9.50. The van der Waals surface area contributed by atoms with E-state index in [1.807, 2.05) is 19.9 Å². The van der Waals surface area contributed by atoms with Crippen molar-refractivity contribution in [2.75, 3.05) is 24.6 Å². The molecule has 1 saturated heterocycles. The predicted molar refractivity (Wildman–Crippen MR) is 138 cm³/mol. The summed E-state index contributed by atoms with van der Waals surface area (Å²) in [6, 6.07) is 9.11. The van der Waals surface area contributed by atoms with E-state index < -0.39 is 11.7 Å². The molecule has 4 rings (SSSR count). The van der Waals surface area contributed by atoms with E-state index in [1.54, 1.807) is 25.2 Å². The van der Waals surface area contributed by atoms with Gasteiger partial charge in [0.05, 0.1) is 17.7 Å². The van der Waals surface area contributed by atoms with Gasteiger partial charge < -0.3 is 9.64 Å². The van der Waals surface area contributed by atoms with Crippen LogP contribution in [0.5, 0.6) is 5.88 Å². The van der Waals surface area contributed by atoms with Gasteiger partial charge in [0.25, 0.3) is 0 Å². The first kappa shape index (κ1) is 26.9. The minimum atomic E-state index is -4.36. The van der Waals surface area contributed by atoms with Crippen molar-refractivity contribution in [1.29, 1.82) is 0 Å². The van der Waals surface area contributed by atoms with E-state index in [-0.39, 0.29) is 23.8 Å². The first-order chi connectivity index (χ1) is 17.6. The summed E-state index contributed by atoms with van der Waals surface area (Å²) in [5.41, 5.74) is 1.15. The van der Waals surface area contributed by atoms with Gasteiger partial charge in [-0.2, -0.15) is 18.2 Å². The molecule has 1 unspecified atom stereocenters. The van der Waals surface area contributed by atoms with Crippen LogP contribution in [0.3, 0.4) is 0 Å². The Morgan fingerprint density at radius 3 is 2.27 bits per heavy atom. The van der Waals surface area contributed by atoms with Crippen molar-refractivity contribution in [3.63, 3.8) is 0 Å². The maximum Gasteiger partial charge on any atom is 0.416 e. The summed E-state index contributed by atoms with van der Waals surface area (Å²) >= 11 is 0. The Bertz CT molecular complexity index is 1290. The topological polar surface area (TPSA) is 63.5 Å². The number of hydrogen-bond acceptors (Lipinski definition) is 6. The third-order valence-electron chi connectivity index (χ3n) is 7.37. The zero-order valence-electron chi connectivity index (χ0n) is 21.9. The normalized spacial score (nSPS) is 19.8. The van der Waals surface area contributed by atoms with Crippen LogP contribution in [0.15, 0.2) is 41.2 Å². The molecule has 0 radical (unpaired) electrons. The number of aryl methyl sites for hydroxylation is 1. The molecule has 0 saturated carbocycles. The van der Waals surface area contributed by atoms with Crippen molar-refractivity contribution in [2.24, 2.45) is 7.05 Å². The molecule has 10 heteroatoms. The SMILES string of the molecule is CCOc1ccc2c(n1)c(N1C[C@@H](CC)N(C(C)c3ccc(C(F)(F)F)cc3)C[C@@H]1CC)nc(=O)n2C. The van der Waals surface area contributed by atoms with Crippen LogP contribution < -0.4 is 15.3 Å². The van der Waals surface area contributed by atoms with Gasteiger partial charge in [-0.25, -0.2) is 9.78 Å². The highest BCUT2D eigenvalue weighted by Gasteiger charge is 2.37. The molecule has 37 heavy (non-hydrogen) atoms. The standard InChI is InChI=1S/C27H34F3N5O2/c1-6-20-16-35(25-24-22(33(5)26(36)32-25)13-14-23(31-24)37-8-3)21(7-2)15-34(20)17(4)18-9-11-19(12-10-18)27(28,29)30/h9-14,17,20-21H,6-8,15-16H2,1-5H3/t17?,20-,21+/m1/s1. The van der Waals surface area contributed by atoms with Crippen molar-refractivity contribution in [1.82, 2.24) is 19.4 Å². The lowest BCUT2D eigenvalue weighted by Gasteiger charge is -2.49. The van der Waals surface area contributed by atoms with Gasteiger partial charge >= 0.3 is 11.9 Å². The van der Waals surface area contributed by atoms with Gasteiger partial charge in [-0.1, -0.05) is 26.0 Å². The summed E-state index contributed by atoms with van der Waals surface area (Å²) in [6.07, 6.45) is -2.72. The molecular formula is C27H34F3N5O2. The summed E-state index contributed by atoms with van der Waals surface area (Å²) in [4.78, 5) is 26.5. The summed E-state index contributed by atoms with van der Waals surface area (Å²) < 4.78 is 46.3. The Hall–Kier alpha value is -3.14. The lowest BCUT2D eigenvalue weighted by molar-refractivity contribution is -0.137. The van der Waals surface area contributed by atoms with E-state index in [0.717, 1.165) is 30.5 Å². The molecule has 1 fully saturated rings. The van der Waals surface area contributed by atoms with E-state index in [4.69, 9.17) is 9.72 Å². The molecule has 3 atom stereocenters. The second-order valence-electron chi connectivity index (χ2n) is 9.50. The fourth-order valence-electron chi connectivity index (χ4n) is 5.18. The number of hydrogen-bond donors (Lipinski definition) is 0. The Balaban J connectivity index is 1.70. The molecule has 7 nitrogen and oxygen atoms in total. The second kappa shape index (κ2) is 10.7. The number of benzene rings is 1. The molecule has 3 heterocycles. The van der Waals surface area contributed by atoms with Gasteiger partial charge in [0.15, 0.2) is 5.82 Å². The Labute approximate surface area is 214 Å². The van der Waals surface area contributed by atoms with Crippen molar-refractivity contribution in [3.8, 4) is 5.88 Å². The summed E-state index contributed by atoms with van der Waals surface area (Å²) in [5, 5.41) is 0. The molecule has 1 aliphatic heterocycles. The summed E-state index contributed by atoms with van der Waals surface area (Å²) in [6.45, 7) is 9.90. The van der Waals surface area contributed by atoms with Crippen LogP contribution in [-0.2, 0) is 13.2 Å². The smallest absolute Gasteiger partial charge is 0.416 e. The lowest BCUT2D eigenvalue weighted by Crippen LogP contribution is -2.59. The van der Waals surface area contributed by atoms with Crippen LogP contribution in [0, 0.1) is 0 Å². The number of rotatable bonds is 7. The van der Waals surface area contributed by atoms with Crippen molar-refractivity contribution in [3.05, 3.63) is 58.0 Å². The highest BCUT2D eigenvalue weighted by molar-refractivity contribution is 5.86. The molecule has 0 N–H and O–H groups in total. The minimum absolute atomic E-state index is 0.0417. The number of ether oxygens (including phenoxy) is 1. The predicted octanol–water partition coefficient (Wildman–Crippen LogP) is 5.19. The lowest BCUT2D eigenvalue weighted by atomic mass is 9.96. The average Bonchev–Trinajstić information content (AvgIpc) is 2.89. The molecule has 1 aromatic carbocycles. The van der Waals surface area contributed by atoms with Crippen LogP contribution in [0.1, 0.15) is 57.7 Å². The maximum absolute atomic E-state index is 13.1. The Morgan fingerprint density at radius 2 is 1.68 bits per heavy atom. The first-order valence-corrected chi connectivity index (χ1v) is 12.8. The molecular weight excluding hydrogens is 483 g/mol. The molecule has 1 aliphatic rings. The number of pyridine rings is 1. The Morgan fingerprint density at radius 1 is 1.00 bits per heavy atom.